The molecule has 1 aromatic carbocycles. The molecule has 0 saturated carbocycles. The van der Waals surface area contributed by atoms with Crippen LogP contribution < -0.4 is 26.8 Å². The lowest BCUT2D eigenvalue weighted by molar-refractivity contribution is -0.122. The molecular weight excluding hydrogens is 432 g/mol. The van der Waals surface area contributed by atoms with Gasteiger partial charge in [0.1, 0.15) is 24.1 Å². The predicted molar refractivity (Wildman–Crippen MR) is 132 cm³/mol. The number of anilines is 3. The number of hydrogen-bond donors (Lipinski definition) is 3. The number of fused-ring (bicyclic) bond motifs is 1. The molecule has 4 N–H and O–H groups in total. The second-order valence-corrected chi connectivity index (χ2v) is 8.50. The second kappa shape index (κ2) is 9.38. The third-order valence-electron chi connectivity index (χ3n) is 6.15. The molecule has 176 valence electrons. The van der Waals surface area contributed by atoms with Gasteiger partial charge in [-0.25, -0.2) is 4.98 Å². The average molecular weight is 461 g/mol. The minimum atomic E-state index is -0.440. The van der Waals surface area contributed by atoms with E-state index in [4.69, 9.17) is 5.73 Å². The Bertz CT molecular complexity index is 1300. The fourth-order valence-corrected chi connectivity index (χ4v) is 4.15. The van der Waals surface area contributed by atoms with Crippen LogP contribution >= 0.6 is 0 Å². The van der Waals surface area contributed by atoms with Crippen molar-refractivity contribution in [2.45, 2.75) is 39.4 Å². The van der Waals surface area contributed by atoms with E-state index in [-0.39, 0.29) is 30.6 Å². The SMILES string of the molecule is Cc1nc(N)ccc1CNC(=O)Cn1c(C)cc2c(c1=O)NC(=O)[C@H](Cc1ccccc1)N2C. The Kier molecular flexibility index (Phi) is 6.36. The van der Waals surface area contributed by atoms with Crippen LogP contribution in [-0.2, 0) is 29.1 Å². The highest BCUT2D eigenvalue weighted by atomic mass is 16.2. The van der Waals surface area contributed by atoms with Gasteiger partial charge >= 0.3 is 0 Å². The molecule has 0 fully saturated rings. The number of hydrogen-bond acceptors (Lipinski definition) is 6. The predicted octanol–water partition coefficient (Wildman–Crippen LogP) is 1.76. The Hall–Kier alpha value is -4.14. The zero-order valence-electron chi connectivity index (χ0n) is 19.5. The molecule has 4 rings (SSSR count). The maximum Gasteiger partial charge on any atom is 0.277 e. The van der Waals surface area contributed by atoms with Crippen LogP contribution in [0.2, 0.25) is 0 Å². The van der Waals surface area contributed by atoms with Gasteiger partial charge in [0, 0.05) is 31.4 Å². The summed E-state index contributed by atoms with van der Waals surface area (Å²) in [6, 6.07) is 14.6. The molecule has 0 unspecified atom stereocenters. The van der Waals surface area contributed by atoms with E-state index in [9.17, 15) is 14.4 Å². The minimum absolute atomic E-state index is 0.160. The van der Waals surface area contributed by atoms with Crippen molar-refractivity contribution in [3.8, 4) is 0 Å². The van der Waals surface area contributed by atoms with Crippen molar-refractivity contribution in [3.63, 3.8) is 0 Å². The van der Waals surface area contributed by atoms with Crippen LogP contribution in [0.5, 0.6) is 0 Å². The van der Waals surface area contributed by atoms with E-state index in [1.165, 1.54) is 4.57 Å². The molecule has 3 aromatic rings. The lowest BCUT2D eigenvalue weighted by atomic mass is 10.0. The van der Waals surface area contributed by atoms with Gasteiger partial charge < -0.3 is 25.8 Å². The number of rotatable bonds is 6. The summed E-state index contributed by atoms with van der Waals surface area (Å²) in [5.41, 5.74) is 9.33. The number of likely N-dealkylation sites (N-methyl/N-ethyl adjacent to an activating group) is 1. The molecule has 0 spiro atoms. The molecule has 9 nitrogen and oxygen atoms in total. The normalized spacial score (nSPS) is 15.0. The lowest BCUT2D eigenvalue weighted by Crippen LogP contribution is -2.49. The molecule has 2 aromatic heterocycles. The number of nitrogen functional groups attached to an aromatic ring is 1. The molecule has 0 radical (unpaired) electrons. The van der Waals surface area contributed by atoms with Crippen molar-refractivity contribution >= 4 is 29.0 Å². The van der Waals surface area contributed by atoms with Crippen LogP contribution in [0.15, 0.2) is 53.3 Å². The van der Waals surface area contributed by atoms with Gasteiger partial charge in [-0.2, -0.15) is 0 Å². The van der Waals surface area contributed by atoms with E-state index < -0.39 is 11.6 Å². The number of nitrogens with two attached hydrogens (primary N) is 1. The van der Waals surface area contributed by atoms with Gasteiger partial charge in [-0.15, -0.1) is 0 Å². The van der Waals surface area contributed by atoms with Crippen molar-refractivity contribution < 1.29 is 9.59 Å². The maximum absolute atomic E-state index is 13.2. The highest BCUT2D eigenvalue weighted by Gasteiger charge is 2.33. The average Bonchev–Trinajstić information content (AvgIpc) is 2.80. The lowest BCUT2D eigenvalue weighted by Gasteiger charge is -2.35. The summed E-state index contributed by atoms with van der Waals surface area (Å²) in [4.78, 5) is 44.7. The quantitative estimate of drug-likeness (QED) is 0.515. The van der Waals surface area contributed by atoms with E-state index in [1.54, 1.807) is 13.0 Å². The number of aryl methyl sites for hydroxylation is 2. The maximum atomic E-state index is 13.2. The summed E-state index contributed by atoms with van der Waals surface area (Å²) in [6.45, 7) is 3.71. The van der Waals surface area contributed by atoms with Gasteiger partial charge in [-0.3, -0.25) is 14.4 Å². The molecule has 1 atom stereocenters. The van der Waals surface area contributed by atoms with Crippen LogP contribution in [0.4, 0.5) is 17.2 Å². The van der Waals surface area contributed by atoms with Gasteiger partial charge in [0.05, 0.1) is 5.69 Å². The molecule has 1 aliphatic rings. The third kappa shape index (κ3) is 4.63. The molecule has 34 heavy (non-hydrogen) atoms. The number of aromatic nitrogens is 2. The summed E-state index contributed by atoms with van der Waals surface area (Å²) >= 11 is 0. The monoisotopic (exact) mass is 460 g/mol. The van der Waals surface area contributed by atoms with Crippen LogP contribution in [0.25, 0.3) is 0 Å². The fourth-order valence-electron chi connectivity index (χ4n) is 4.15. The zero-order valence-corrected chi connectivity index (χ0v) is 19.5. The molecule has 3 heterocycles. The molecule has 2 amide bonds. The van der Waals surface area contributed by atoms with E-state index in [0.29, 0.717) is 23.6 Å². The summed E-state index contributed by atoms with van der Waals surface area (Å²) in [5.74, 6) is -0.150. The van der Waals surface area contributed by atoms with Gasteiger partial charge in [-0.1, -0.05) is 36.4 Å². The molecule has 0 bridgehead atoms. The number of pyridine rings is 2. The van der Waals surface area contributed by atoms with Crippen LogP contribution in [0.3, 0.4) is 0 Å². The summed E-state index contributed by atoms with van der Waals surface area (Å²) in [7, 11) is 1.81. The van der Waals surface area contributed by atoms with Gasteiger partial charge in [0.2, 0.25) is 11.8 Å². The Labute approximate surface area is 197 Å². The van der Waals surface area contributed by atoms with Crippen molar-refractivity contribution in [1.82, 2.24) is 14.9 Å². The number of amides is 2. The van der Waals surface area contributed by atoms with E-state index in [1.807, 2.05) is 61.3 Å². The highest BCUT2D eigenvalue weighted by Crippen LogP contribution is 2.30. The Morgan fingerprint density at radius 2 is 1.88 bits per heavy atom. The number of carbonyl (C=O) groups is 2. The van der Waals surface area contributed by atoms with E-state index in [2.05, 4.69) is 15.6 Å². The molecule has 9 heteroatoms. The van der Waals surface area contributed by atoms with Crippen molar-refractivity contribution in [2.24, 2.45) is 0 Å². The van der Waals surface area contributed by atoms with E-state index >= 15 is 0 Å². The number of nitrogens with one attached hydrogen (secondary N) is 2. The smallest absolute Gasteiger partial charge is 0.277 e. The van der Waals surface area contributed by atoms with Gasteiger partial charge in [0.15, 0.2) is 0 Å². The zero-order chi connectivity index (χ0) is 24.4. The summed E-state index contributed by atoms with van der Waals surface area (Å²) in [5, 5.41) is 5.59. The van der Waals surface area contributed by atoms with Crippen molar-refractivity contribution in [3.05, 3.63) is 81.4 Å². The number of carbonyl (C=O) groups excluding carboxylic acids is 2. The van der Waals surface area contributed by atoms with Crippen molar-refractivity contribution in [1.29, 1.82) is 0 Å². The van der Waals surface area contributed by atoms with Crippen LogP contribution in [-0.4, -0.2) is 34.5 Å². The molecular formula is C25H28N6O3. The topological polar surface area (TPSA) is 122 Å². The third-order valence-corrected chi connectivity index (χ3v) is 6.15. The highest BCUT2D eigenvalue weighted by molar-refractivity contribution is 6.03. The summed E-state index contributed by atoms with van der Waals surface area (Å²) in [6.07, 6.45) is 0.520. The molecule has 0 saturated heterocycles. The second-order valence-electron chi connectivity index (χ2n) is 8.50. The minimum Gasteiger partial charge on any atom is -0.384 e. The van der Waals surface area contributed by atoms with Crippen molar-refractivity contribution in [2.75, 3.05) is 23.0 Å². The van der Waals surface area contributed by atoms with Gasteiger partial charge in [0.25, 0.3) is 5.56 Å². The first kappa shape index (κ1) is 23.0. The number of nitrogens with zero attached hydrogens (tertiary/aromatic N) is 3. The molecule has 0 aliphatic carbocycles. The number of benzene rings is 1. The van der Waals surface area contributed by atoms with Gasteiger partial charge in [-0.05, 0) is 37.1 Å². The Morgan fingerprint density at radius 3 is 2.59 bits per heavy atom. The Morgan fingerprint density at radius 1 is 1.15 bits per heavy atom. The first-order valence-electron chi connectivity index (χ1n) is 11.1. The first-order valence-corrected chi connectivity index (χ1v) is 11.1. The van der Waals surface area contributed by atoms with E-state index in [0.717, 1.165) is 16.8 Å². The largest absolute Gasteiger partial charge is 0.384 e. The first-order chi connectivity index (χ1) is 16.2. The fraction of sp³-hybridized carbons (Fsp3) is 0.280. The van der Waals surface area contributed by atoms with Crippen LogP contribution in [0, 0.1) is 13.8 Å². The summed E-state index contributed by atoms with van der Waals surface area (Å²) < 4.78 is 1.37. The van der Waals surface area contributed by atoms with Crippen LogP contribution in [0.1, 0.15) is 22.5 Å². The molecule has 1 aliphatic heterocycles. The Balaban J connectivity index is 1.52. The standard InChI is InChI=1S/C25H28N6O3/c1-15-11-19-23(29-24(33)20(30(19)3)12-17-7-5-4-6-8-17)25(34)31(15)14-22(32)27-13-18-9-10-21(26)28-16(18)2/h4-11,20H,12-14H2,1-3H3,(H2,26,28)(H,27,32)(H,29,33)/t20-/m0/s1.